The van der Waals surface area contributed by atoms with Crippen molar-refractivity contribution in [2.75, 3.05) is 7.11 Å². The average Bonchev–Trinajstić information content (AvgIpc) is 3.22. The minimum absolute atomic E-state index is 0.149. The molecule has 1 N–H and O–H groups in total. The van der Waals surface area contributed by atoms with Crippen LogP contribution >= 0.6 is 23.4 Å². The minimum atomic E-state index is -0.149. The van der Waals surface area contributed by atoms with Crippen molar-refractivity contribution in [2.45, 2.75) is 20.8 Å². The lowest BCUT2D eigenvalue weighted by Crippen LogP contribution is -2.19. The largest absolute Gasteiger partial charge is 0.497 e. The summed E-state index contributed by atoms with van der Waals surface area (Å²) in [6, 6.07) is 15.5. The van der Waals surface area contributed by atoms with Crippen LogP contribution in [0.1, 0.15) is 22.5 Å². The summed E-state index contributed by atoms with van der Waals surface area (Å²) in [6.07, 6.45) is 1.92. The van der Waals surface area contributed by atoms with Gasteiger partial charge in [-0.2, -0.15) is 0 Å². The van der Waals surface area contributed by atoms with E-state index in [4.69, 9.17) is 16.3 Å². The fourth-order valence-corrected chi connectivity index (χ4v) is 4.59. The number of hydrogen-bond donors (Lipinski definition) is 1. The number of amides is 1. The Hall–Kier alpha value is -2.96. The molecule has 2 aromatic carbocycles. The molecule has 7 heteroatoms. The van der Waals surface area contributed by atoms with Crippen LogP contribution in [0.25, 0.3) is 11.8 Å². The third kappa shape index (κ3) is 4.40. The van der Waals surface area contributed by atoms with Crippen molar-refractivity contribution < 1.29 is 9.53 Å². The normalized spacial score (nSPS) is 16.2. The molecular weight excluding hydrogens is 430 g/mol. The van der Waals surface area contributed by atoms with Crippen molar-refractivity contribution >= 4 is 46.2 Å². The molecule has 1 fully saturated rings. The summed E-state index contributed by atoms with van der Waals surface area (Å²) in [5, 5.41) is 4.08. The number of carbonyl (C=O) groups excluding carboxylic acids is 1. The highest BCUT2D eigenvalue weighted by molar-refractivity contribution is 8.18. The number of nitrogens with zero attached hydrogens (tertiary/aromatic N) is 2. The molecule has 31 heavy (non-hydrogen) atoms. The molecule has 4 rings (SSSR count). The van der Waals surface area contributed by atoms with Crippen molar-refractivity contribution in [3.63, 3.8) is 0 Å². The number of aliphatic imine (C=N–C) groups is 1. The molecule has 0 unspecified atom stereocenters. The zero-order chi connectivity index (χ0) is 22.1. The Balaban J connectivity index is 1.63. The van der Waals surface area contributed by atoms with E-state index in [9.17, 15) is 4.79 Å². The third-order valence-electron chi connectivity index (χ3n) is 5.12. The van der Waals surface area contributed by atoms with Gasteiger partial charge in [0.1, 0.15) is 5.75 Å². The first-order chi connectivity index (χ1) is 14.9. The third-order valence-corrected chi connectivity index (χ3v) is 6.26. The number of aryl methyl sites for hydroxylation is 2. The second-order valence-electron chi connectivity index (χ2n) is 7.27. The second kappa shape index (κ2) is 8.65. The topological polar surface area (TPSA) is 55.6 Å². The van der Waals surface area contributed by atoms with Gasteiger partial charge in [-0.05, 0) is 98.3 Å². The molecule has 158 valence electrons. The Kier molecular flexibility index (Phi) is 5.94. The SMILES string of the molecule is COc1ccc(-n2c(C)cc(/C=C3\SC(=Nc4ccc(Cl)cc4C)NC3=O)c2C)cc1. The first kappa shape index (κ1) is 21.3. The van der Waals surface area contributed by atoms with Crippen LogP contribution in [0.15, 0.2) is 58.4 Å². The number of thioether (sulfide) groups is 1. The molecule has 0 saturated carbocycles. The standard InChI is InChI=1S/C24H22ClN3O2S/c1-14-11-18(25)5-10-21(14)26-24-27-23(29)22(31-24)13-17-12-15(2)28(16(17)3)19-6-8-20(30-4)9-7-19/h5-13H,1-4H3,(H,26,27,29)/b22-13-. The minimum Gasteiger partial charge on any atom is -0.497 e. The van der Waals surface area contributed by atoms with Crippen LogP contribution in [0, 0.1) is 20.8 Å². The second-order valence-corrected chi connectivity index (χ2v) is 8.74. The van der Waals surface area contributed by atoms with Crippen molar-refractivity contribution in [3.8, 4) is 11.4 Å². The molecule has 1 aromatic heterocycles. The van der Waals surface area contributed by atoms with Gasteiger partial charge in [0.15, 0.2) is 5.17 Å². The molecule has 2 heterocycles. The smallest absolute Gasteiger partial charge is 0.264 e. The van der Waals surface area contributed by atoms with Crippen molar-refractivity contribution in [3.05, 3.63) is 81.0 Å². The number of ether oxygens (including phenoxy) is 1. The lowest BCUT2D eigenvalue weighted by Gasteiger charge is -2.10. The van der Waals surface area contributed by atoms with Gasteiger partial charge in [-0.3, -0.25) is 4.79 Å². The van der Waals surface area contributed by atoms with Gasteiger partial charge in [-0.25, -0.2) is 4.99 Å². The number of hydrogen-bond acceptors (Lipinski definition) is 4. The molecule has 5 nitrogen and oxygen atoms in total. The predicted octanol–water partition coefficient (Wildman–Crippen LogP) is 5.96. The van der Waals surface area contributed by atoms with Crippen LogP contribution in [-0.2, 0) is 4.79 Å². The number of benzene rings is 2. The van der Waals surface area contributed by atoms with E-state index in [1.807, 2.05) is 56.3 Å². The maximum absolute atomic E-state index is 12.5. The Morgan fingerprint density at radius 1 is 1.10 bits per heavy atom. The van der Waals surface area contributed by atoms with Crippen LogP contribution in [0.3, 0.4) is 0 Å². The van der Waals surface area contributed by atoms with E-state index in [0.29, 0.717) is 15.1 Å². The van der Waals surface area contributed by atoms with Gasteiger partial charge in [-0.1, -0.05) is 11.6 Å². The summed E-state index contributed by atoms with van der Waals surface area (Å²) in [6.45, 7) is 6.04. The highest BCUT2D eigenvalue weighted by Crippen LogP contribution is 2.32. The summed E-state index contributed by atoms with van der Waals surface area (Å²) >= 11 is 7.36. The molecule has 0 aliphatic carbocycles. The van der Waals surface area contributed by atoms with Crippen molar-refractivity contribution in [1.29, 1.82) is 0 Å². The lowest BCUT2D eigenvalue weighted by atomic mass is 10.2. The molecule has 0 bridgehead atoms. The zero-order valence-corrected chi connectivity index (χ0v) is 19.3. The first-order valence-electron chi connectivity index (χ1n) is 9.75. The highest BCUT2D eigenvalue weighted by Gasteiger charge is 2.25. The number of nitrogens with one attached hydrogen (secondary N) is 1. The zero-order valence-electron chi connectivity index (χ0n) is 17.7. The Labute approximate surface area is 190 Å². The first-order valence-corrected chi connectivity index (χ1v) is 10.9. The number of aromatic nitrogens is 1. The van der Waals surface area contributed by atoms with Crippen LogP contribution < -0.4 is 10.1 Å². The Morgan fingerprint density at radius 3 is 2.52 bits per heavy atom. The summed E-state index contributed by atoms with van der Waals surface area (Å²) in [7, 11) is 1.65. The van der Waals surface area contributed by atoms with E-state index in [-0.39, 0.29) is 5.91 Å². The number of halogens is 1. The molecule has 1 aliphatic heterocycles. The van der Waals surface area contributed by atoms with E-state index in [0.717, 1.165) is 39.6 Å². The van der Waals surface area contributed by atoms with E-state index in [1.54, 1.807) is 13.2 Å². The maximum atomic E-state index is 12.5. The fraction of sp³-hybridized carbons (Fsp3) is 0.167. The summed E-state index contributed by atoms with van der Waals surface area (Å²) < 4.78 is 7.42. The molecule has 0 spiro atoms. The number of amidine groups is 1. The van der Waals surface area contributed by atoms with Crippen LogP contribution in [0.5, 0.6) is 5.75 Å². The van der Waals surface area contributed by atoms with Crippen molar-refractivity contribution in [1.82, 2.24) is 9.88 Å². The van der Waals surface area contributed by atoms with Gasteiger partial charge in [0.2, 0.25) is 0 Å². The molecule has 1 saturated heterocycles. The predicted molar refractivity (Wildman–Crippen MR) is 129 cm³/mol. The van der Waals surface area contributed by atoms with Gasteiger partial charge in [0, 0.05) is 22.1 Å². The molecule has 1 aliphatic rings. The van der Waals surface area contributed by atoms with Gasteiger partial charge < -0.3 is 14.6 Å². The molecule has 1 amide bonds. The van der Waals surface area contributed by atoms with E-state index in [1.165, 1.54) is 11.8 Å². The average molecular weight is 452 g/mol. The Morgan fingerprint density at radius 2 is 1.84 bits per heavy atom. The Bertz CT molecular complexity index is 1230. The number of carbonyl (C=O) groups is 1. The van der Waals surface area contributed by atoms with Crippen LogP contribution in [-0.4, -0.2) is 22.8 Å². The quantitative estimate of drug-likeness (QED) is 0.498. The maximum Gasteiger partial charge on any atom is 0.264 e. The van der Waals surface area contributed by atoms with Crippen LogP contribution in [0.2, 0.25) is 5.02 Å². The van der Waals surface area contributed by atoms with Gasteiger partial charge in [-0.15, -0.1) is 0 Å². The molecule has 0 radical (unpaired) electrons. The molecular formula is C24H22ClN3O2S. The van der Waals surface area contributed by atoms with E-state index < -0.39 is 0 Å². The summed E-state index contributed by atoms with van der Waals surface area (Å²) in [4.78, 5) is 17.7. The van der Waals surface area contributed by atoms with Gasteiger partial charge >= 0.3 is 0 Å². The van der Waals surface area contributed by atoms with Crippen molar-refractivity contribution in [2.24, 2.45) is 4.99 Å². The van der Waals surface area contributed by atoms with E-state index >= 15 is 0 Å². The van der Waals surface area contributed by atoms with Gasteiger partial charge in [0.25, 0.3) is 5.91 Å². The summed E-state index contributed by atoms with van der Waals surface area (Å²) in [5.41, 5.74) is 5.92. The monoisotopic (exact) mass is 451 g/mol. The lowest BCUT2D eigenvalue weighted by molar-refractivity contribution is -0.115. The summed E-state index contributed by atoms with van der Waals surface area (Å²) in [5.74, 6) is 0.667. The van der Waals surface area contributed by atoms with Gasteiger partial charge in [0.05, 0.1) is 17.7 Å². The number of rotatable bonds is 4. The molecule has 0 atom stereocenters. The number of methoxy groups -OCH3 is 1. The molecule has 3 aromatic rings. The highest BCUT2D eigenvalue weighted by atomic mass is 35.5. The fourth-order valence-electron chi connectivity index (χ4n) is 3.54. The van der Waals surface area contributed by atoms with E-state index in [2.05, 4.69) is 27.9 Å². The van der Waals surface area contributed by atoms with Crippen LogP contribution in [0.4, 0.5) is 5.69 Å².